The summed E-state index contributed by atoms with van der Waals surface area (Å²) >= 11 is 0. The molecule has 1 heterocycles. The van der Waals surface area contributed by atoms with Gasteiger partial charge < -0.3 is 20.0 Å². The van der Waals surface area contributed by atoms with E-state index in [0.29, 0.717) is 17.9 Å². The normalized spacial score (nSPS) is 10.0. The molecule has 1 aromatic heterocycles. The maximum atomic E-state index is 14.5. The zero-order valence-corrected chi connectivity index (χ0v) is 15.0. The number of hydrogen-bond acceptors (Lipinski definition) is 5. The molecule has 0 amide bonds. The molecule has 27 heavy (non-hydrogen) atoms. The summed E-state index contributed by atoms with van der Waals surface area (Å²) in [5, 5.41) is 13.9. The van der Waals surface area contributed by atoms with E-state index < -0.39 is 11.8 Å². The Hall–Kier alpha value is -2.81. The second-order valence-electron chi connectivity index (χ2n) is 5.49. The maximum Gasteiger partial charge on any atom is 1.00 e. The molecule has 0 radical (unpaired) electrons. The first kappa shape index (κ1) is 20.5. The Morgan fingerprint density at radius 3 is 2.63 bits per heavy atom. The predicted molar refractivity (Wildman–Crippen MR) is 94.9 cm³/mol. The van der Waals surface area contributed by atoms with E-state index in [1.807, 2.05) is 31.2 Å². The van der Waals surface area contributed by atoms with Gasteiger partial charge in [-0.2, -0.15) is 0 Å². The Balaban J connectivity index is 0.00000261. The number of carboxylic acid groups (broad SMARTS) is 1. The van der Waals surface area contributed by atoms with Crippen molar-refractivity contribution in [2.45, 2.75) is 6.92 Å². The number of rotatable bonds is 6. The monoisotopic (exact) mass is 358 g/mol. The Morgan fingerprint density at radius 1 is 1.15 bits per heavy atom. The summed E-state index contributed by atoms with van der Waals surface area (Å²) in [5.41, 5.74) is 1.72. The number of halogens is 1. The van der Waals surface area contributed by atoms with Crippen LogP contribution in [0.1, 0.15) is 17.3 Å². The molecule has 7 heteroatoms. The molecule has 0 saturated heterocycles. The van der Waals surface area contributed by atoms with Gasteiger partial charge in [-0.25, -0.2) is 4.39 Å². The first-order chi connectivity index (χ1) is 12.6. The molecule has 0 fully saturated rings. The van der Waals surface area contributed by atoms with Crippen molar-refractivity contribution in [2.24, 2.45) is 0 Å². The van der Waals surface area contributed by atoms with E-state index in [1.165, 1.54) is 24.5 Å². The van der Waals surface area contributed by atoms with E-state index in [4.69, 9.17) is 4.74 Å². The molecule has 0 spiro atoms. The maximum absolute atomic E-state index is 14.5. The number of aromatic carboxylic acids is 1. The number of aromatic nitrogens is 1. The largest absolute Gasteiger partial charge is 1.00 e. The molecule has 3 rings (SSSR count). The Kier molecular flexibility index (Phi) is 7.00. The average molecular weight is 358 g/mol. The zero-order valence-electron chi connectivity index (χ0n) is 15.0. The molecule has 0 saturated carbocycles. The van der Waals surface area contributed by atoms with Gasteiger partial charge in [-0.1, -0.05) is 18.2 Å². The molecule has 2 aromatic carbocycles. The third-order valence-electron chi connectivity index (χ3n) is 3.76. The number of nitrogens with zero attached hydrogens (tertiary/aromatic N) is 1. The van der Waals surface area contributed by atoms with Gasteiger partial charge in [0, 0.05) is 11.8 Å². The number of pyridine rings is 1. The topological polar surface area (TPSA) is 74.3 Å². The van der Waals surface area contributed by atoms with Crippen LogP contribution in [0.4, 0.5) is 15.8 Å². The summed E-state index contributed by atoms with van der Waals surface area (Å²) in [6.45, 7) is 2.44. The summed E-state index contributed by atoms with van der Waals surface area (Å²) < 4.78 is 20.0. The van der Waals surface area contributed by atoms with E-state index in [9.17, 15) is 14.3 Å². The molecule has 1 N–H and O–H groups in total. The number of ether oxygens (including phenoxy) is 1. The third-order valence-corrected chi connectivity index (χ3v) is 3.76. The number of anilines is 2. The van der Waals surface area contributed by atoms with Crippen molar-refractivity contribution < 1.29 is 37.9 Å². The first-order valence-electron chi connectivity index (χ1n) is 8.03. The van der Waals surface area contributed by atoms with Gasteiger partial charge in [0.05, 0.1) is 30.1 Å². The van der Waals surface area contributed by atoms with Crippen LogP contribution in [0.15, 0.2) is 60.9 Å². The third kappa shape index (κ3) is 4.88. The fourth-order valence-electron chi connectivity index (χ4n) is 2.55. The van der Waals surface area contributed by atoms with Gasteiger partial charge in [0.25, 0.3) is 0 Å². The molecule has 5 nitrogen and oxygen atoms in total. The van der Waals surface area contributed by atoms with Crippen molar-refractivity contribution in [1.82, 2.24) is 4.98 Å². The quantitative estimate of drug-likeness (QED) is 0.646. The summed E-state index contributed by atoms with van der Waals surface area (Å²) in [5.74, 6) is -1.17. The molecule has 0 aliphatic rings. The SMILES string of the molecule is CCOc1cccc(-c2ccc(Nc3cnccc3C(=O)[O-])c(F)c2)c1.[Li+]. The Labute approximate surface area is 168 Å². The number of carboxylic acids is 1. The van der Waals surface area contributed by atoms with Crippen LogP contribution in [0, 0.1) is 5.82 Å². The smallest absolute Gasteiger partial charge is 0.545 e. The predicted octanol–water partition coefficient (Wildman–Crippen LogP) is 0.397. The van der Waals surface area contributed by atoms with Gasteiger partial charge in [-0.15, -0.1) is 0 Å². The molecular weight excluding hydrogens is 342 g/mol. The number of nitrogens with one attached hydrogen (secondary N) is 1. The minimum atomic E-state index is -1.36. The van der Waals surface area contributed by atoms with Crippen LogP contribution < -0.4 is 34.0 Å². The number of carbonyl (C=O) groups is 1. The van der Waals surface area contributed by atoms with E-state index in [1.54, 1.807) is 12.1 Å². The standard InChI is InChI=1S/C20H17FN2O3.Li/c1-2-26-15-5-3-4-13(10-15)14-6-7-18(17(21)11-14)23-19-12-22-9-8-16(19)20(24)25;/h3-12,23H,2H2,1H3,(H,24,25);/q;+1/p-1. The first-order valence-corrected chi connectivity index (χ1v) is 8.03. The van der Waals surface area contributed by atoms with Crippen LogP contribution >= 0.6 is 0 Å². The molecule has 0 aliphatic carbocycles. The fourth-order valence-corrected chi connectivity index (χ4v) is 2.55. The minimum Gasteiger partial charge on any atom is -0.545 e. The van der Waals surface area contributed by atoms with Crippen molar-refractivity contribution in [3.63, 3.8) is 0 Å². The average Bonchev–Trinajstić information content (AvgIpc) is 2.64. The van der Waals surface area contributed by atoms with Crippen molar-refractivity contribution >= 4 is 17.3 Å². The fraction of sp³-hybridized carbons (Fsp3) is 0.100. The van der Waals surface area contributed by atoms with Crippen molar-refractivity contribution in [1.29, 1.82) is 0 Å². The Bertz CT molecular complexity index is 950. The molecule has 0 unspecified atom stereocenters. The van der Waals surface area contributed by atoms with Crippen LogP contribution in [-0.4, -0.2) is 17.6 Å². The number of carbonyl (C=O) groups excluding carboxylic acids is 1. The summed E-state index contributed by atoms with van der Waals surface area (Å²) in [4.78, 5) is 15.0. The Morgan fingerprint density at radius 2 is 1.93 bits per heavy atom. The summed E-state index contributed by atoms with van der Waals surface area (Å²) in [7, 11) is 0. The van der Waals surface area contributed by atoms with E-state index in [0.717, 1.165) is 5.56 Å². The molecule has 0 aliphatic heterocycles. The number of benzene rings is 2. The van der Waals surface area contributed by atoms with Gasteiger partial charge in [0.2, 0.25) is 0 Å². The molecular formula is C20H16FLiN2O3. The van der Waals surface area contributed by atoms with Crippen LogP contribution in [0.3, 0.4) is 0 Å². The van der Waals surface area contributed by atoms with E-state index in [2.05, 4.69) is 10.3 Å². The molecule has 132 valence electrons. The van der Waals surface area contributed by atoms with Crippen molar-refractivity contribution in [3.05, 3.63) is 72.3 Å². The molecule has 3 aromatic rings. The second-order valence-corrected chi connectivity index (χ2v) is 5.49. The van der Waals surface area contributed by atoms with E-state index >= 15 is 0 Å². The second kappa shape index (κ2) is 9.22. The van der Waals surface area contributed by atoms with Gasteiger partial charge in [-0.05, 0) is 48.4 Å². The summed E-state index contributed by atoms with van der Waals surface area (Å²) in [6, 6.07) is 13.3. The minimum absolute atomic E-state index is 0. The summed E-state index contributed by atoms with van der Waals surface area (Å²) in [6.07, 6.45) is 2.64. The van der Waals surface area contributed by atoms with Crippen LogP contribution in [0.2, 0.25) is 0 Å². The van der Waals surface area contributed by atoms with Gasteiger partial charge in [0.15, 0.2) is 0 Å². The van der Waals surface area contributed by atoms with Crippen molar-refractivity contribution in [2.75, 3.05) is 11.9 Å². The van der Waals surface area contributed by atoms with Crippen LogP contribution in [-0.2, 0) is 0 Å². The van der Waals surface area contributed by atoms with E-state index in [-0.39, 0.29) is 35.8 Å². The molecule has 0 atom stereocenters. The van der Waals surface area contributed by atoms with Crippen LogP contribution in [0.5, 0.6) is 5.75 Å². The van der Waals surface area contributed by atoms with Gasteiger partial charge in [-0.3, -0.25) is 4.98 Å². The van der Waals surface area contributed by atoms with Crippen LogP contribution in [0.25, 0.3) is 11.1 Å². The molecule has 0 bridgehead atoms. The number of hydrogen-bond donors (Lipinski definition) is 1. The van der Waals surface area contributed by atoms with Gasteiger partial charge >= 0.3 is 18.9 Å². The van der Waals surface area contributed by atoms with Crippen molar-refractivity contribution in [3.8, 4) is 16.9 Å². The van der Waals surface area contributed by atoms with Gasteiger partial charge in [0.1, 0.15) is 11.6 Å². The zero-order chi connectivity index (χ0) is 18.5.